The molecule has 0 bridgehead atoms. The number of hydrogen-bond acceptors (Lipinski definition) is 7. The van der Waals surface area contributed by atoms with Gasteiger partial charge >= 0.3 is 5.97 Å². The second kappa shape index (κ2) is 16.2. The van der Waals surface area contributed by atoms with E-state index in [0.29, 0.717) is 6.61 Å². The Labute approximate surface area is 268 Å². The predicted octanol–water partition coefficient (Wildman–Crippen LogP) is 5.46. The van der Waals surface area contributed by atoms with Crippen molar-refractivity contribution in [2.75, 3.05) is 26.8 Å². The molecule has 0 aliphatic heterocycles. The summed E-state index contributed by atoms with van der Waals surface area (Å²) in [7, 11) is -1.22. The first-order valence-corrected chi connectivity index (χ1v) is 17.2. The average molecular weight is 633 g/mol. The van der Waals surface area contributed by atoms with Gasteiger partial charge in [0.25, 0.3) is 8.32 Å². The van der Waals surface area contributed by atoms with Crippen LogP contribution in [0.5, 0.6) is 0 Å². The molecule has 0 heterocycles. The quantitative estimate of drug-likeness (QED) is 0.0782. The minimum absolute atomic E-state index is 0.00599. The lowest BCUT2D eigenvalue weighted by Gasteiger charge is -2.43. The van der Waals surface area contributed by atoms with Gasteiger partial charge in [0.2, 0.25) is 0 Å². The molecule has 3 aromatic rings. The number of aliphatic hydroxyl groups excluding tert-OH is 1. The van der Waals surface area contributed by atoms with Crippen LogP contribution in [0.3, 0.4) is 0 Å². The van der Waals surface area contributed by atoms with Gasteiger partial charge in [-0.25, -0.2) is 0 Å². The maximum absolute atomic E-state index is 13.3. The fourth-order valence-corrected chi connectivity index (χ4v) is 9.99. The van der Waals surface area contributed by atoms with E-state index < -0.39 is 38.1 Å². The molecule has 3 rings (SSSR count). The number of esters is 1. The number of hydrogen-bond donors (Lipinski definition) is 1. The molecule has 242 valence electrons. The van der Waals surface area contributed by atoms with Gasteiger partial charge in [-0.1, -0.05) is 117 Å². The van der Waals surface area contributed by atoms with Crippen LogP contribution >= 0.6 is 0 Å². The lowest BCUT2D eigenvalue weighted by molar-refractivity contribution is -0.164. The Hall–Kier alpha value is -3.50. The Kier molecular flexibility index (Phi) is 12.9. The summed E-state index contributed by atoms with van der Waals surface area (Å²) in [6, 6.07) is 28.3. The first kappa shape index (κ1) is 36.0. The molecule has 1 N–H and O–H groups in total. The summed E-state index contributed by atoms with van der Waals surface area (Å²) in [6.07, 6.45) is -1.14. The molecule has 0 fully saturated rings. The van der Waals surface area contributed by atoms with Gasteiger partial charge in [0.15, 0.2) is 0 Å². The molecule has 0 saturated heterocycles. The average Bonchev–Trinajstić information content (AvgIpc) is 2.99. The number of carbonyl (C=O) groups excluding carboxylic acids is 1. The van der Waals surface area contributed by atoms with E-state index in [1.165, 1.54) is 0 Å². The third kappa shape index (κ3) is 9.99. The zero-order valence-electron chi connectivity index (χ0n) is 27.6. The van der Waals surface area contributed by atoms with Crippen molar-refractivity contribution in [3.63, 3.8) is 0 Å². The smallest absolute Gasteiger partial charge is 0.326 e. The zero-order chi connectivity index (χ0) is 33.1. The molecule has 0 saturated carbocycles. The highest BCUT2D eigenvalue weighted by atomic mass is 28.4. The third-order valence-electron chi connectivity index (χ3n) is 7.60. The largest absolute Gasteiger partial charge is 0.459 e. The molecule has 9 nitrogen and oxygen atoms in total. The number of rotatable bonds is 15. The normalized spacial score (nSPS) is 14.3. The minimum Gasteiger partial charge on any atom is -0.459 e. The van der Waals surface area contributed by atoms with Crippen LogP contribution in [-0.4, -0.2) is 74.9 Å². The van der Waals surface area contributed by atoms with Gasteiger partial charge in [0.1, 0.15) is 11.6 Å². The van der Waals surface area contributed by atoms with E-state index in [2.05, 4.69) is 55.1 Å². The highest BCUT2D eigenvalue weighted by Crippen LogP contribution is 2.37. The number of carbonyl (C=O) groups is 1. The van der Waals surface area contributed by atoms with Crippen molar-refractivity contribution in [2.45, 2.75) is 77.0 Å². The second-order valence-corrected chi connectivity index (χ2v) is 17.6. The lowest BCUT2D eigenvalue weighted by Crippen LogP contribution is -2.67. The van der Waals surface area contributed by atoms with E-state index in [0.717, 1.165) is 15.9 Å². The van der Waals surface area contributed by atoms with Crippen LogP contribution in [0.2, 0.25) is 5.04 Å². The molecule has 0 amide bonds. The summed E-state index contributed by atoms with van der Waals surface area (Å²) in [6.45, 7) is 12.3. The molecule has 3 aromatic carbocycles. The second-order valence-electron chi connectivity index (χ2n) is 13.3. The van der Waals surface area contributed by atoms with Crippen LogP contribution in [0.25, 0.3) is 10.4 Å². The monoisotopic (exact) mass is 632 g/mol. The van der Waals surface area contributed by atoms with Crippen molar-refractivity contribution in [3.8, 4) is 0 Å². The van der Waals surface area contributed by atoms with Gasteiger partial charge in [0, 0.05) is 18.1 Å². The first-order chi connectivity index (χ1) is 21.3. The molecule has 0 aliphatic rings. The van der Waals surface area contributed by atoms with Gasteiger partial charge in [-0.3, -0.25) is 9.69 Å². The maximum atomic E-state index is 13.3. The molecule has 1 unspecified atom stereocenters. The van der Waals surface area contributed by atoms with E-state index in [1.807, 2.05) is 87.5 Å². The van der Waals surface area contributed by atoms with Crippen molar-refractivity contribution in [3.05, 3.63) is 107 Å². The Bertz CT molecular complexity index is 1330. The summed E-state index contributed by atoms with van der Waals surface area (Å²) in [5.74, 6) is -0.464. The SMILES string of the molecule is CN(CC(O)[C@H](CO[Si](c1ccccc1)(c1ccccc1)C(C)(C)C)N=[N+]=[N-])[C@H](COCc1ccccc1)C(=O)OC(C)(C)C. The topological polar surface area (TPSA) is 117 Å². The Morgan fingerprint density at radius 3 is 1.87 bits per heavy atom. The van der Waals surface area contributed by atoms with Crippen molar-refractivity contribution < 1.29 is 23.8 Å². The van der Waals surface area contributed by atoms with Crippen LogP contribution in [-0.2, 0) is 25.3 Å². The minimum atomic E-state index is -2.95. The van der Waals surface area contributed by atoms with E-state index >= 15 is 0 Å². The molecule has 0 aliphatic carbocycles. The highest BCUT2D eigenvalue weighted by Gasteiger charge is 2.50. The number of benzene rings is 3. The van der Waals surface area contributed by atoms with Gasteiger partial charge in [-0.05, 0) is 54.3 Å². The first-order valence-electron chi connectivity index (χ1n) is 15.3. The van der Waals surface area contributed by atoms with Crippen LogP contribution in [0.1, 0.15) is 47.1 Å². The molecule has 10 heteroatoms. The maximum Gasteiger partial charge on any atom is 0.326 e. The van der Waals surface area contributed by atoms with Crippen molar-refractivity contribution >= 4 is 24.7 Å². The summed E-state index contributed by atoms with van der Waals surface area (Å²) < 4.78 is 18.6. The zero-order valence-corrected chi connectivity index (χ0v) is 28.6. The number of ether oxygens (including phenoxy) is 2. The molecule has 0 aromatic heterocycles. The van der Waals surface area contributed by atoms with Crippen molar-refractivity contribution in [1.29, 1.82) is 0 Å². The van der Waals surface area contributed by atoms with Crippen LogP contribution in [0.15, 0.2) is 96.1 Å². The number of likely N-dealkylation sites (N-methyl/N-ethyl adjacent to an activating group) is 1. The van der Waals surface area contributed by atoms with Crippen LogP contribution in [0, 0.1) is 0 Å². The number of azide groups is 1. The Balaban J connectivity index is 1.84. The van der Waals surface area contributed by atoms with E-state index in [-0.39, 0.29) is 24.8 Å². The van der Waals surface area contributed by atoms with E-state index in [1.54, 1.807) is 11.9 Å². The molecular weight excluding hydrogens is 584 g/mol. The lowest BCUT2D eigenvalue weighted by atomic mass is 10.1. The fraction of sp³-hybridized carbons (Fsp3) is 0.457. The fourth-order valence-electron chi connectivity index (χ4n) is 5.41. The van der Waals surface area contributed by atoms with Gasteiger partial charge in [-0.2, -0.15) is 0 Å². The molecular formula is C35H48N4O5Si. The van der Waals surface area contributed by atoms with Crippen LogP contribution in [0.4, 0.5) is 0 Å². The van der Waals surface area contributed by atoms with Gasteiger partial charge in [0.05, 0.1) is 25.4 Å². The molecule has 0 radical (unpaired) electrons. The molecule has 45 heavy (non-hydrogen) atoms. The van der Waals surface area contributed by atoms with Crippen LogP contribution < -0.4 is 10.4 Å². The van der Waals surface area contributed by atoms with Crippen molar-refractivity contribution in [1.82, 2.24) is 4.90 Å². The summed E-state index contributed by atoms with van der Waals surface area (Å²) >= 11 is 0. The molecule has 0 spiro atoms. The predicted molar refractivity (Wildman–Crippen MR) is 181 cm³/mol. The summed E-state index contributed by atoms with van der Waals surface area (Å²) in [5, 5.41) is 17.3. The number of aliphatic hydroxyl groups is 1. The molecule has 3 atom stereocenters. The standard InChI is InChI=1S/C35H48N4O5Si/c1-34(2,3)44-33(41)31(26-42-24-27-17-11-8-12-18-27)39(7)23-32(40)30(37-38-36)25-43-45(35(4,5)6,28-19-13-9-14-20-28)29-21-15-10-16-22-29/h8-22,30-32,40H,23-26H2,1-7H3/t30-,31+,32?/m0/s1. The van der Waals surface area contributed by atoms with Gasteiger partial charge in [-0.15, -0.1) is 0 Å². The summed E-state index contributed by atoms with van der Waals surface area (Å²) in [4.78, 5) is 18.0. The summed E-state index contributed by atoms with van der Waals surface area (Å²) in [5.41, 5.74) is 9.76. The Morgan fingerprint density at radius 2 is 1.40 bits per heavy atom. The third-order valence-corrected chi connectivity index (χ3v) is 12.6. The Morgan fingerprint density at radius 1 is 0.889 bits per heavy atom. The highest BCUT2D eigenvalue weighted by molar-refractivity contribution is 6.99. The number of nitrogens with zero attached hydrogens (tertiary/aromatic N) is 4. The van der Waals surface area contributed by atoms with Crippen molar-refractivity contribution in [2.24, 2.45) is 5.11 Å². The van der Waals surface area contributed by atoms with E-state index in [4.69, 9.17) is 13.9 Å². The van der Waals surface area contributed by atoms with E-state index in [9.17, 15) is 15.4 Å². The van der Waals surface area contributed by atoms with Gasteiger partial charge < -0.3 is 19.0 Å².